The number of aromatic nitrogens is 1. The smallest absolute Gasteiger partial charge is 0.276 e. The van der Waals surface area contributed by atoms with Crippen molar-refractivity contribution in [1.82, 2.24) is 9.47 Å². The van der Waals surface area contributed by atoms with Gasteiger partial charge in [0.05, 0.1) is 4.53 Å². The minimum absolute atomic E-state index is 0.0553. The minimum Gasteiger partial charge on any atom is -0.322 e. The van der Waals surface area contributed by atoms with Crippen LogP contribution in [0.5, 0.6) is 0 Å². The Hall–Kier alpha value is -5.82. The lowest BCUT2D eigenvalue weighted by Crippen LogP contribution is -2.33. The fraction of sp³-hybridized carbons (Fsp3) is 0.317. The minimum atomic E-state index is -0.447. The molecule has 0 atom stereocenters. The van der Waals surface area contributed by atoms with Crippen LogP contribution >= 0.6 is 46.7 Å². The predicted octanol–water partition coefficient (Wildman–Crippen LogP) is 16.1. The second kappa shape index (κ2) is 21.8. The molecule has 11 heteroatoms. The van der Waals surface area contributed by atoms with Gasteiger partial charge in [-0.25, -0.2) is 9.82 Å². The van der Waals surface area contributed by atoms with E-state index >= 15 is 0 Å². The summed E-state index contributed by atoms with van der Waals surface area (Å²) in [4.78, 5) is 37.9. The molecule has 0 saturated carbocycles. The summed E-state index contributed by atoms with van der Waals surface area (Å²) in [6.45, 7) is 15.3. The van der Waals surface area contributed by atoms with E-state index in [1.165, 1.54) is 75.1 Å². The first-order valence-corrected chi connectivity index (χ1v) is 29.4. The molecule has 7 aromatic rings. The number of fused-ring (bicyclic) bond motifs is 6. The van der Waals surface area contributed by atoms with Gasteiger partial charge in [-0.1, -0.05) is 176 Å². The summed E-state index contributed by atoms with van der Waals surface area (Å²) in [5.74, 6) is -0.587. The van der Waals surface area contributed by atoms with Crippen molar-refractivity contribution in [3.05, 3.63) is 175 Å². The number of hydrogen-bond donors (Lipinski definition) is 1. The molecule has 3 aliphatic rings. The summed E-state index contributed by atoms with van der Waals surface area (Å²) in [6, 6.07) is 46.0. The molecule has 5 aromatic carbocycles. The molecule has 380 valence electrons. The first kappa shape index (κ1) is 51.7. The van der Waals surface area contributed by atoms with Gasteiger partial charge in [0.1, 0.15) is 13.9 Å². The maximum absolute atomic E-state index is 13.9. The fourth-order valence-electron chi connectivity index (χ4n) is 12.0. The average molecular weight is 1060 g/mol. The summed E-state index contributed by atoms with van der Waals surface area (Å²) in [5, 5.41) is 9.60. The van der Waals surface area contributed by atoms with Crippen LogP contribution in [-0.2, 0) is 20.5 Å². The number of thioether (sulfide) groups is 1. The molecular formula is C63H65N3O4S4. The number of thiazole rings is 1. The van der Waals surface area contributed by atoms with Crippen molar-refractivity contribution >= 4 is 90.8 Å². The number of unbranched alkanes of at least 4 members (excludes halogenated alkanes) is 4. The van der Waals surface area contributed by atoms with Crippen molar-refractivity contribution in [3.63, 3.8) is 0 Å². The monoisotopic (exact) mass is 1060 g/mol. The van der Waals surface area contributed by atoms with Crippen LogP contribution in [0, 0.1) is 0 Å². The maximum atomic E-state index is 13.9. The first-order chi connectivity index (χ1) is 36.1. The second-order valence-corrected chi connectivity index (χ2v) is 23.8. The van der Waals surface area contributed by atoms with Crippen LogP contribution < -0.4 is 19.7 Å². The Morgan fingerprint density at radius 1 is 0.649 bits per heavy atom. The van der Waals surface area contributed by atoms with E-state index in [0.29, 0.717) is 25.0 Å². The predicted molar refractivity (Wildman–Crippen MR) is 316 cm³/mol. The number of nitrogens with zero attached hydrogens (tertiary/aromatic N) is 3. The third-order valence-electron chi connectivity index (χ3n) is 15.7. The summed E-state index contributed by atoms with van der Waals surface area (Å²) < 4.78 is 2.24. The quantitative estimate of drug-likeness (QED) is 0.0353. The normalized spacial score (nSPS) is 15.9. The number of anilines is 3. The van der Waals surface area contributed by atoms with Crippen LogP contribution in [0.25, 0.3) is 49.6 Å². The molecule has 0 spiro atoms. The van der Waals surface area contributed by atoms with E-state index in [9.17, 15) is 14.8 Å². The molecule has 0 radical (unpaired) electrons. The number of carbonyl (C=O) groups is 1. The van der Waals surface area contributed by atoms with Crippen LogP contribution in [0.1, 0.15) is 139 Å². The zero-order valence-electron chi connectivity index (χ0n) is 43.2. The highest BCUT2D eigenvalue weighted by Gasteiger charge is 2.44. The summed E-state index contributed by atoms with van der Waals surface area (Å²) in [7, 11) is 0. The highest BCUT2D eigenvalue weighted by Crippen LogP contribution is 2.58. The lowest BCUT2D eigenvalue weighted by atomic mass is 9.70. The molecular weight excluding hydrogens is 991 g/mol. The Morgan fingerprint density at radius 2 is 1.15 bits per heavy atom. The standard InChI is InChI=1S/C63H65N3O4S4/c1-7-12-34-62(35-13-8-2)51-22-18-16-20-47(51)49-31-28-44(38-53(49)62)66(45-29-32-50-48-21-17-19-23-52(48)63(36-14-9-3,37-15-10-4)54(50)39-45)43-26-24-42(25-27-43)55-33-30-46(72-55)40-56-58(67)65(41(6)70-69)60(73-56)57-59(68)64(11-5)61(71)74-57/h16-33,38-40,69H,6-15,34-37H2,1-5H3/b56-40+,60-57+. The van der Waals surface area contributed by atoms with Crippen molar-refractivity contribution in [2.45, 2.75) is 122 Å². The van der Waals surface area contributed by atoms with Gasteiger partial charge in [-0.2, -0.15) is 0 Å². The maximum Gasteiger partial charge on any atom is 0.276 e. The number of amides is 1. The Balaban J connectivity index is 1.09. The van der Waals surface area contributed by atoms with Crippen molar-refractivity contribution in [1.29, 1.82) is 0 Å². The average Bonchev–Trinajstić information content (AvgIpc) is 4.24. The molecule has 1 fully saturated rings. The van der Waals surface area contributed by atoms with Gasteiger partial charge in [-0.3, -0.25) is 14.5 Å². The van der Waals surface area contributed by atoms with E-state index in [-0.39, 0.29) is 22.6 Å². The van der Waals surface area contributed by atoms with Gasteiger partial charge in [0.15, 0.2) is 0 Å². The zero-order valence-corrected chi connectivity index (χ0v) is 46.4. The van der Waals surface area contributed by atoms with E-state index in [4.69, 9.17) is 12.2 Å². The van der Waals surface area contributed by atoms with Crippen molar-refractivity contribution in [3.8, 4) is 32.7 Å². The van der Waals surface area contributed by atoms with E-state index in [2.05, 4.69) is 159 Å². The summed E-state index contributed by atoms with van der Waals surface area (Å²) in [6.07, 6.45) is 15.6. The second-order valence-electron chi connectivity index (χ2n) is 20.0. The molecule has 3 heterocycles. The van der Waals surface area contributed by atoms with Gasteiger partial charge in [0, 0.05) is 44.2 Å². The Labute approximate surface area is 453 Å². The topological polar surface area (TPSA) is 75.0 Å². The zero-order chi connectivity index (χ0) is 51.7. The van der Waals surface area contributed by atoms with Crippen molar-refractivity contribution < 1.29 is 14.9 Å². The lowest BCUT2D eigenvalue weighted by molar-refractivity contribution is -0.176. The summed E-state index contributed by atoms with van der Waals surface area (Å²) in [5.41, 5.74) is 15.2. The number of thiophene rings is 1. The molecule has 10 rings (SSSR count). The third kappa shape index (κ3) is 8.96. The Morgan fingerprint density at radius 3 is 1.64 bits per heavy atom. The number of thiocarbonyl (C=S) groups is 1. The van der Waals surface area contributed by atoms with Crippen LogP contribution in [-0.4, -0.2) is 31.5 Å². The van der Waals surface area contributed by atoms with Crippen LogP contribution in [0.2, 0.25) is 0 Å². The van der Waals surface area contributed by atoms with Crippen LogP contribution in [0.15, 0.2) is 133 Å². The van der Waals surface area contributed by atoms with Gasteiger partial charge in [0.2, 0.25) is 5.88 Å². The molecule has 2 aliphatic carbocycles. The number of rotatable bonds is 20. The summed E-state index contributed by atoms with van der Waals surface area (Å²) >= 11 is 9.33. The first-order valence-electron chi connectivity index (χ1n) is 26.6. The van der Waals surface area contributed by atoms with Gasteiger partial charge in [0.25, 0.3) is 11.5 Å². The van der Waals surface area contributed by atoms with Crippen LogP contribution in [0.3, 0.4) is 0 Å². The fourth-order valence-corrected chi connectivity index (χ4v) is 15.7. The SMILES string of the molecule is C=C(OO)n1c(=O)/c(=C\c2ccc(-c3ccc(N(c4ccc5c(c4)C(CCCC)(CCCC)c4ccccc4-5)c4ccc5c(c4)C(CCCC)(CCCC)c4ccccc4-5)cc3)s2)s/c1=C1/SC(=S)N(CC)C1=O. The highest BCUT2D eigenvalue weighted by molar-refractivity contribution is 8.30. The molecule has 1 N–H and O–H groups in total. The Kier molecular flexibility index (Phi) is 15.2. The molecule has 0 bridgehead atoms. The molecule has 1 amide bonds. The van der Waals surface area contributed by atoms with E-state index < -0.39 is 5.56 Å². The lowest BCUT2D eigenvalue weighted by Gasteiger charge is -2.35. The van der Waals surface area contributed by atoms with Gasteiger partial charge >= 0.3 is 0 Å². The van der Waals surface area contributed by atoms with E-state index in [0.717, 1.165) is 111 Å². The molecule has 2 aromatic heterocycles. The number of hydrogen-bond acceptors (Lipinski definition) is 9. The number of carbonyl (C=O) groups excluding carboxylic acids is 1. The molecule has 74 heavy (non-hydrogen) atoms. The largest absolute Gasteiger partial charge is 0.322 e. The third-order valence-corrected chi connectivity index (χ3v) is 19.4. The molecule has 7 nitrogen and oxygen atoms in total. The molecule has 0 unspecified atom stereocenters. The van der Waals surface area contributed by atoms with Crippen molar-refractivity contribution in [2.75, 3.05) is 11.4 Å². The molecule has 1 saturated heterocycles. The van der Waals surface area contributed by atoms with Crippen molar-refractivity contribution in [2.24, 2.45) is 0 Å². The van der Waals surface area contributed by atoms with Crippen LogP contribution in [0.4, 0.5) is 17.1 Å². The van der Waals surface area contributed by atoms with E-state index in [1.807, 2.05) is 19.1 Å². The van der Waals surface area contributed by atoms with Gasteiger partial charge in [-0.05, 0) is 144 Å². The Bertz CT molecular complexity index is 3340. The van der Waals surface area contributed by atoms with E-state index in [1.54, 1.807) is 11.3 Å². The van der Waals surface area contributed by atoms with Gasteiger partial charge in [-0.15, -0.1) is 22.7 Å². The van der Waals surface area contributed by atoms with Gasteiger partial charge < -0.3 is 9.79 Å². The highest BCUT2D eigenvalue weighted by atomic mass is 32.2. The molecule has 1 aliphatic heterocycles. The number of benzene rings is 5.